The fourth-order valence-corrected chi connectivity index (χ4v) is 5.71. The Labute approximate surface area is 261 Å². The van der Waals surface area contributed by atoms with Crippen LogP contribution in [-0.2, 0) is 0 Å². The maximum atomic E-state index is 6.12. The van der Waals surface area contributed by atoms with E-state index in [4.69, 9.17) is 14.4 Å². The van der Waals surface area contributed by atoms with Crippen LogP contribution >= 0.6 is 0 Å². The zero-order valence-electron chi connectivity index (χ0n) is 24.3. The first-order chi connectivity index (χ1) is 22.3. The van der Waals surface area contributed by atoms with Gasteiger partial charge in [-0.2, -0.15) is 0 Å². The molecule has 0 bridgehead atoms. The second kappa shape index (κ2) is 11.5. The standard InChI is InChI=1S/C41H27N3O/c1-2-9-29(10-3-1)35-13-5-6-14-36(35)38-26-37(30-18-20-31(21-19-30)40-25-33-11-4-7-15-39(33)45-40)43-41(44-38)32-22-16-28(17-23-32)34-12-8-24-42-27-34/h1-27H. The molecule has 0 aliphatic carbocycles. The first-order valence-electron chi connectivity index (χ1n) is 14.9. The minimum absolute atomic E-state index is 0.671. The molecule has 212 valence electrons. The predicted octanol–water partition coefficient (Wildman–Crippen LogP) is 10.6. The van der Waals surface area contributed by atoms with E-state index in [0.717, 1.165) is 72.6 Å². The third kappa shape index (κ3) is 5.30. The second-order valence-corrected chi connectivity index (χ2v) is 10.9. The van der Waals surface area contributed by atoms with Gasteiger partial charge in [-0.05, 0) is 46.5 Å². The third-order valence-electron chi connectivity index (χ3n) is 8.04. The lowest BCUT2D eigenvalue weighted by molar-refractivity contribution is 0.631. The summed E-state index contributed by atoms with van der Waals surface area (Å²) in [4.78, 5) is 14.5. The summed E-state index contributed by atoms with van der Waals surface area (Å²) in [6.45, 7) is 0. The van der Waals surface area contributed by atoms with Crippen LogP contribution in [0.5, 0.6) is 0 Å². The predicted molar refractivity (Wildman–Crippen MR) is 182 cm³/mol. The molecule has 45 heavy (non-hydrogen) atoms. The van der Waals surface area contributed by atoms with Crippen molar-refractivity contribution in [1.82, 2.24) is 15.0 Å². The van der Waals surface area contributed by atoms with Crippen molar-refractivity contribution in [3.63, 3.8) is 0 Å². The Morgan fingerprint density at radius 1 is 0.422 bits per heavy atom. The van der Waals surface area contributed by atoms with E-state index in [1.807, 2.05) is 36.5 Å². The van der Waals surface area contributed by atoms with Crippen LogP contribution in [0.4, 0.5) is 0 Å². The maximum absolute atomic E-state index is 6.12. The molecule has 3 heterocycles. The summed E-state index contributed by atoms with van der Waals surface area (Å²) < 4.78 is 6.12. The molecule has 4 heteroatoms. The summed E-state index contributed by atoms with van der Waals surface area (Å²) in [5, 5.41) is 1.09. The summed E-state index contributed by atoms with van der Waals surface area (Å²) in [5.41, 5.74) is 11.1. The number of pyridine rings is 1. The van der Waals surface area contributed by atoms with Crippen molar-refractivity contribution in [2.24, 2.45) is 0 Å². The number of fused-ring (bicyclic) bond motifs is 1. The van der Waals surface area contributed by atoms with Gasteiger partial charge < -0.3 is 4.42 Å². The average molecular weight is 578 g/mol. The molecule has 0 saturated carbocycles. The smallest absolute Gasteiger partial charge is 0.160 e. The topological polar surface area (TPSA) is 51.8 Å². The highest BCUT2D eigenvalue weighted by Gasteiger charge is 2.15. The summed E-state index contributed by atoms with van der Waals surface area (Å²) in [6, 6.07) is 51.9. The number of furan rings is 1. The molecule has 5 aromatic carbocycles. The molecule has 3 aromatic heterocycles. The molecule has 0 atom stereocenters. The molecule has 0 aliphatic heterocycles. The van der Waals surface area contributed by atoms with Gasteiger partial charge in [-0.25, -0.2) is 9.97 Å². The van der Waals surface area contributed by atoms with Crippen molar-refractivity contribution in [1.29, 1.82) is 0 Å². The van der Waals surface area contributed by atoms with Gasteiger partial charge in [0.15, 0.2) is 5.82 Å². The van der Waals surface area contributed by atoms with Gasteiger partial charge in [-0.15, -0.1) is 0 Å². The van der Waals surface area contributed by atoms with Crippen LogP contribution in [0.1, 0.15) is 0 Å². The second-order valence-electron chi connectivity index (χ2n) is 10.9. The van der Waals surface area contributed by atoms with E-state index in [9.17, 15) is 0 Å². The first kappa shape index (κ1) is 26.5. The normalized spacial score (nSPS) is 11.1. The molecule has 8 rings (SSSR count). The highest BCUT2D eigenvalue weighted by Crippen LogP contribution is 2.35. The Kier molecular flexibility index (Phi) is 6.78. The lowest BCUT2D eigenvalue weighted by Crippen LogP contribution is -1.97. The van der Waals surface area contributed by atoms with Crippen LogP contribution in [0.2, 0.25) is 0 Å². The lowest BCUT2D eigenvalue weighted by Gasteiger charge is -2.13. The van der Waals surface area contributed by atoms with Gasteiger partial charge >= 0.3 is 0 Å². The first-order valence-corrected chi connectivity index (χ1v) is 14.9. The number of rotatable bonds is 6. The van der Waals surface area contributed by atoms with E-state index >= 15 is 0 Å². The molecule has 0 N–H and O–H groups in total. The molecule has 0 amide bonds. The molecule has 0 spiro atoms. The Bertz CT molecular complexity index is 2210. The van der Waals surface area contributed by atoms with E-state index in [1.165, 1.54) is 0 Å². The Morgan fingerprint density at radius 2 is 1.07 bits per heavy atom. The van der Waals surface area contributed by atoms with Gasteiger partial charge in [0.2, 0.25) is 0 Å². The summed E-state index contributed by atoms with van der Waals surface area (Å²) in [6.07, 6.45) is 3.66. The van der Waals surface area contributed by atoms with E-state index in [1.54, 1.807) is 6.20 Å². The van der Waals surface area contributed by atoms with Crippen molar-refractivity contribution >= 4 is 11.0 Å². The van der Waals surface area contributed by atoms with Crippen LogP contribution in [0.15, 0.2) is 168 Å². The number of benzene rings is 5. The zero-order valence-corrected chi connectivity index (χ0v) is 24.3. The van der Waals surface area contributed by atoms with Crippen LogP contribution in [0.3, 0.4) is 0 Å². The maximum Gasteiger partial charge on any atom is 0.160 e. The molecule has 0 aliphatic rings. The molecule has 0 unspecified atom stereocenters. The van der Waals surface area contributed by atoms with E-state index in [-0.39, 0.29) is 0 Å². The molecule has 0 radical (unpaired) electrons. The Morgan fingerprint density at radius 3 is 1.84 bits per heavy atom. The van der Waals surface area contributed by atoms with Crippen molar-refractivity contribution in [3.8, 4) is 67.5 Å². The van der Waals surface area contributed by atoms with Crippen molar-refractivity contribution in [2.75, 3.05) is 0 Å². The molecular weight excluding hydrogens is 550 g/mol. The van der Waals surface area contributed by atoms with Crippen LogP contribution in [-0.4, -0.2) is 15.0 Å². The molecule has 0 saturated heterocycles. The minimum atomic E-state index is 0.671. The highest BCUT2D eigenvalue weighted by molar-refractivity contribution is 5.85. The third-order valence-corrected chi connectivity index (χ3v) is 8.04. The highest BCUT2D eigenvalue weighted by atomic mass is 16.3. The molecular formula is C41H27N3O. The Balaban J connectivity index is 1.23. The fraction of sp³-hybridized carbons (Fsp3) is 0. The number of hydrogen-bond donors (Lipinski definition) is 0. The number of aromatic nitrogens is 3. The lowest BCUT2D eigenvalue weighted by atomic mass is 9.96. The average Bonchev–Trinajstić information content (AvgIpc) is 3.57. The SMILES string of the molecule is c1ccc(-c2ccccc2-c2cc(-c3ccc(-c4cc5ccccc5o4)cc3)nc(-c3ccc(-c4cccnc4)cc3)n2)cc1. The van der Waals surface area contributed by atoms with Crippen molar-refractivity contribution in [3.05, 3.63) is 164 Å². The van der Waals surface area contributed by atoms with Crippen LogP contribution in [0, 0.1) is 0 Å². The van der Waals surface area contributed by atoms with Crippen molar-refractivity contribution in [2.45, 2.75) is 0 Å². The zero-order chi connectivity index (χ0) is 30.0. The molecule has 0 fully saturated rings. The van der Waals surface area contributed by atoms with Gasteiger partial charge in [-0.1, -0.05) is 127 Å². The van der Waals surface area contributed by atoms with E-state index in [0.29, 0.717) is 5.82 Å². The van der Waals surface area contributed by atoms with Crippen LogP contribution < -0.4 is 0 Å². The van der Waals surface area contributed by atoms with Gasteiger partial charge in [0.25, 0.3) is 0 Å². The van der Waals surface area contributed by atoms with Gasteiger partial charge in [0.1, 0.15) is 11.3 Å². The van der Waals surface area contributed by atoms with Gasteiger partial charge in [0, 0.05) is 40.0 Å². The number of para-hydroxylation sites is 1. The summed E-state index contributed by atoms with van der Waals surface area (Å²) in [5.74, 6) is 1.52. The largest absolute Gasteiger partial charge is 0.456 e. The molecule has 8 aromatic rings. The number of hydrogen-bond acceptors (Lipinski definition) is 4. The quantitative estimate of drug-likeness (QED) is 0.197. The van der Waals surface area contributed by atoms with Crippen LogP contribution in [0.25, 0.3) is 78.4 Å². The number of nitrogens with zero attached hydrogens (tertiary/aromatic N) is 3. The van der Waals surface area contributed by atoms with E-state index in [2.05, 4.69) is 126 Å². The van der Waals surface area contributed by atoms with Gasteiger partial charge in [0.05, 0.1) is 11.4 Å². The monoisotopic (exact) mass is 577 g/mol. The Hall–Kier alpha value is -6.13. The van der Waals surface area contributed by atoms with Crippen molar-refractivity contribution < 1.29 is 4.42 Å². The fourth-order valence-electron chi connectivity index (χ4n) is 5.71. The minimum Gasteiger partial charge on any atom is -0.456 e. The summed E-state index contributed by atoms with van der Waals surface area (Å²) in [7, 11) is 0. The molecule has 4 nitrogen and oxygen atoms in total. The van der Waals surface area contributed by atoms with Gasteiger partial charge in [-0.3, -0.25) is 4.98 Å². The van der Waals surface area contributed by atoms with E-state index < -0.39 is 0 Å². The summed E-state index contributed by atoms with van der Waals surface area (Å²) >= 11 is 0.